The van der Waals surface area contributed by atoms with Crippen molar-refractivity contribution < 1.29 is 24.6 Å². The summed E-state index contributed by atoms with van der Waals surface area (Å²) in [7, 11) is 0. The van der Waals surface area contributed by atoms with E-state index in [1.165, 1.54) is 6.92 Å². The second kappa shape index (κ2) is 6.12. The SMILES string of the molecule is CC(=O)CC(CCC(=O)O)CC(=O)O. The van der Waals surface area contributed by atoms with Gasteiger partial charge in [-0.25, -0.2) is 0 Å². The van der Waals surface area contributed by atoms with Gasteiger partial charge in [-0.3, -0.25) is 9.59 Å². The minimum Gasteiger partial charge on any atom is -0.481 e. The van der Waals surface area contributed by atoms with Crippen molar-refractivity contribution in [2.24, 2.45) is 5.92 Å². The normalized spacial score (nSPS) is 12.1. The van der Waals surface area contributed by atoms with E-state index in [0.29, 0.717) is 0 Å². The molecule has 1 unspecified atom stereocenters. The van der Waals surface area contributed by atoms with Crippen molar-refractivity contribution in [3.05, 3.63) is 0 Å². The summed E-state index contributed by atoms with van der Waals surface area (Å²) in [5.41, 5.74) is 0. The first-order valence-corrected chi connectivity index (χ1v) is 4.34. The van der Waals surface area contributed by atoms with Crippen LogP contribution >= 0.6 is 0 Å². The summed E-state index contributed by atoms with van der Waals surface area (Å²) >= 11 is 0. The van der Waals surface area contributed by atoms with E-state index in [0.717, 1.165) is 0 Å². The molecule has 80 valence electrons. The minimum absolute atomic E-state index is 0.0920. The zero-order chi connectivity index (χ0) is 11.1. The maximum atomic E-state index is 10.7. The van der Waals surface area contributed by atoms with Gasteiger partial charge >= 0.3 is 11.9 Å². The van der Waals surface area contributed by atoms with Crippen LogP contribution in [0.4, 0.5) is 0 Å². The quantitative estimate of drug-likeness (QED) is 0.640. The van der Waals surface area contributed by atoms with Gasteiger partial charge in [-0.15, -0.1) is 0 Å². The molecule has 0 aliphatic carbocycles. The maximum Gasteiger partial charge on any atom is 0.303 e. The molecule has 0 aromatic heterocycles. The van der Waals surface area contributed by atoms with Gasteiger partial charge in [-0.1, -0.05) is 0 Å². The monoisotopic (exact) mass is 202 g/mol. The van der Waals surface area contributed by atoms with Crippen LogP contribution in [-0.4, -0.2) is 27.9 Å². The molecule has 2 N–H and O–H groups in total. The van der Waals surface area contributed by atoms with Crippen LogP contribution in [0.15, 0.2) is 0 Å². The van der Waals surface area contributed by atoms with Crippen molar-refractivity contribution in [3.8, 4) is 0 Å². The zero-order valence-corrected chi connectivity index (χ0v) is 8.02. The number of rotatable bonds is 7. The van der Waals surface area contributed by atoms with Gasteiger partial charge in [0.25, 0.3) is 0 Å². The van der Waals surface area contributed by atoms with Crippen LogP contribution in [0.5, 0.6) is 0 Å². The fourth-order valence-corrected chi connectivity index (χ4v) is 1.26. The first-order chi connectivity index (χ1) is 6.41. The summed E-state index contributed by atoms with van der Waals surface area (Å²) in [6.07, 6.45) is 0.138. The van der Waals surface area contributed by atoms with E-state index in [1.807, 2.05) is 0 Å². The van der Waals surface area contributed by atoms with E-state index in [1.54, 1.807) is 0 Å². The molecule has 0 spiro atoms. The third-order valence-electron chi connectivity index (χ3n) is 1.81. The highest BCUT2D eigenvalue weighted by Gasteiger charge is 2.16. The number of carboxylic acid groups (broad SMARTS) is 2. The van der Waals surface area contributed by atoms with E-state index in [9.17, 15) is 14.4 Å². The Kier molecular flexibility index (Phi) is 5.52. The lowest BCUT2D eigenvalue weighted by Gasteiger charge is -2.10. The highest BCUT2D eigenvalue weighted by molar-refractivity contribution is 5.77. The van der Waals surface area contributed by atoms with Crippen molar-refractivity contribution in [2.75, 3.05) is 0 Å². The maximum absolute atomic E-state index is 10.7. The molecule has 0 saturated carbocycles. The molecule has 0 bridgehead atoms. The van der Waals surface area contributed by atoms with Crippen LogP contribution in [0, 0.1) is 5.92 Å². The van der Waals surface area contributed by atoms with Crippen LogP contribution in [0.2, 0.25) is 0 Å². The lowest BCUT2D eigenvalue weighted by atomic mass is 9.94. The van der Waals surface area contributed by atoms with Gasteiger partial charge in [0.2, 0.25) is 0 Å². The Morgan fingerprint density at radius 2 is 1.64 bits per heavy atom. The molecule has 0 saturated heterocycles. The molecule has 0 aromatic carbocycles. The molecule has 0 radical (unpaired) electrons. The zero-order valence-electron chi connectivity index (χ0n) is 8.02. The number of hydrogen-bond donors (Lipinski definition) is 2. The fraction of sp³-hybridized carbons (Fsp3) is 0.667. The summed E-state index contributed by atoms with van der Waals surface area (Å²) in [6.45, 7) is 1.37. The standard InChI is InChI=1S/C9H14O5/c1-6(10)4-7(5-9(13)14)2-3-8(11)12/h7H,2-5H2,1H3,(H,11,12)(H,13,14). The Morgan fingerprint density at radius 1 is 1.07 bits per heavy atom. The Hall–Kier alpha value is -1.39. The van der Waals surface area contributed by atoms with Crippen LogP contribution < -0.4 is 0 Å². The molecule has 0 rings (SSSR count). The van der Waals surface area contributed by atoms with E-state index in [-0.39, 0.29) is 37.4 Å². The number of aliphatic carboxylic acids is 2. The minimum atomic E-state index is -0.998. The van der Waals surface area contributed by atoms with E-state index < -0.39 is 11.9 Å². The highest BCUT2D eigenvalue weighted by Crippen LogP contribution is 2.16. The first kappa shape index (κ1) is 12.6. The van der Waals surface area contributed by atoms with Gasteiger partial charge in [-0.2, -0.15) is 0 Å². The summed E-state index contributed by atoms with van der Waals surface area (Å²) < 4.78 is 0. The number of carbonyl (C=O) groups excluding carboxylic acids is 1. The van der Waals surface area contributed by atoms with Crippen LogP contribution in [0.1, 0.15) is 32.6 Å². The first-order valence-electron chi connectivity index (χ1n) is 4.34. The predicted octanol–water partition coefficient (Wildman–Crippen LogP) is 0.921. The Balaban J connectivity index is 4.03. The molecule has 0 aliphatic heterocycles. The van der Waals surface area contributed by atoms with Gasteiger partial charge in [0.05, 0.1) is 0 Å². The molecular formula is C9H14O5. The lowest BCUT2D eigenvalue weighted by Crippen LogP contribution is -2.13. The van der Waals surface area contributed by atoms with Crippen LogP contribution in [0.25, 0.3) is 0 Å². The summed E-state index contributed by atoms with van der Waals surface area (Å²) in [4.78, 5) is 31.4. The molecule has 0 amide bonds. The van der Waals surface area contributed by atoms with Crippen LogP contribution in [0.3, 0.4) is 0 Å². The van der Waals surface area contributed by atoms with E-state index in [4.69, 9.17) is 10.2 Å². The number of hydrogen-bond acceptors (Lipinski definition) is 3. The second-order valence-electron chi connectivity index (χ2n) is 3.30. The number of Topliss-reactive ketones (excluding diaryl/α,β-unsaturated/α-hetero) is 1. The lowest BCUT2D eigenvalue weighted by molar-refractivity contribution is -0.140. The molecule has 14 heavy (non-hydrogen) atoms. The average Bonchev–Trinajstić information content (AvgIpc) is 1.97. The van der Waals surface area contributed by atoms with Gasteiger partial charge in [0, 0.05) is 19.3 Å². The third kappa shape index (κ3) is 7.27. The smallest absolute Gasteiger partial charge is 0.303 e. The van der Waals surface area contributed by atoms with Crippen molar-refractivity contribution in [1.82, 2.24) is 0 Å². The van der Waals surface area contributed by atoms with Gasteiger partial charge < -0.3 is 15.0 Å². The summed E-state index contributed by atoms with van der Waals surface area (Å²) in [5, 5.41) is 16.9. The molecule has 0 heterocycles. The highest BCUT2D eigenvalue weighted by atomic mass is 16.4. The third-order valence-corrected chi connectivity index (χ3v) is 1.81. The molecular weight excluding hydrogens is 188 g/mol. The van der Waals surface area contributed by atoms with Crippen molar-refractivity contribution in [3.63, 3.8) is 0 Å². The largest absolute Gasteiger partial charge is 0.481 e. The molecule has 0 fully saturated rings. The number of carbonyl (C=O) groups is 3. The summed E-state index contributed by atoms with van der Waals surface area (Å²) in [5.74, 6) is -2.44. The average molecular weight is 202 g/mol. The number of carboxylic acids is 2. The van der Waals surface area contributed by atoms with Gasteiger partial charge in [-0.05, 0) is 19.3 Å². The van der Waals surface area contributed by atoms with Crippen molar-refractivity contribution in [2.45, 2.75) is 32.6 Å². The van der Waals surface area contributed by atoms with Crippen molar-refractivity contribution in [1.29, 1.82) is 0 Å². The Morgan fingerprint density at radius 3 is 2.00 bits per heavy atom. The molecule has 0 aromatic rings. The summed E-state index contributed by atoms with van der Waals surface area (Å²) in [6, 6.07) is 0. The van der Waals surface area contributed by atoms with E-state index in [2.05, 4.69) is 0 Å². The fourth-order valence-electron chi connectivity index (χ4n) is 1.26. The van der Waals surface area contributed by atoms with E-state index >= 15 is 0 Å². The van der Waals surface area contributed by atoms with Crippen LogP contribution in [-0.2, 0) is 14.4 Å². The molecule has 5 nitrogen and oxygen atoms in total. The molecule has 0 aliphatic rings. The molecule has 1 atom stereocenters. The topological polar surface area (TPSA) is 91.7 Å². The Bertz CT molecular complexity index is 217. The van der Waals surface area contributed by atoms with Crippen molar-refractivity contribution >= 4 is 17.7 Å². The van der Waals surface area contributed by atoms with Gasteiger partial charge in [0.15, 0.2) is 0 Å². The van der Waals surface area contributed by atoms with Gasteiger partial charge in [0.1, 0.15) is 5.78 Å². The predicted molar refractivity (Wildman–Crippen MR) is 47.9 cm³/mol. The second-order valence-corrected chi connectivity index (χ2v) is 3.30. The molecule has 5 heteroatoms. The Labute approximate surface area is 81.7 Å². The number of ketones is 1.